The Kier molecular flexibility index (Phi) is 7.63. The summed E-state index contributed by atoms with van der Waals surface area (Å²) in [5.41, 5.74) is 11.5. The summed E-state index contributed by atoms with van der Waals surface area (Å²) in [6.07, 6.45) is 0. The largest absolute Gasteiger partial charge is 0.457 e. The van der Waals surface area contributed by atoms with Gasteiger partial charge >= 0.3 is 0 Å². The first-order valence-electron chi connectivity index (χ1n) is 18.1. The Morgan fingerprint density at radius 1 is 0.358 bits per heavy atom. The zero-order valence-corrected chi connectivity index (χ0v) is 29.8. The highest BCUT2D eigenvalue weighted by molar-refractivity contribution is 7.18. The molecule has 10 rings (SSSR count). The maximum Gasteiger partial charge on any atom is 0.132 e. The summed E-state index contributed by atoms with van der Waals surface area (Å²) in [4.78, 5) is 2.43. The average molecular weight is 695 g/mol. The second-order valence-electron chi connectivity index (χ2n) is 13.6. The van der Waals surface area contributed by atoms with Gasteiger partial charge in [0.1, 0.15) is 11.5 Å². The summed E-state index contributed by atoms with van der Waals surface area (Å²) in [5, 5.41) is 2.50. The molecule has 0 amide bonds. The van der Waals surface area contributed by atoms with Crippen LogP contribution in [0.4, 0.5) is 0 Å². The van der Waals surface area contributed by atoms with Gasteiger partial charge in [-0.3, -0.25) is 0 Å². The van der Waals surface area contributed by atoms with Crippen LogP contribution in [0.1, 0.15) is 22.3 Å². The number of ether oxygens (including phenoxy) is 1. The first kappa shape index (κ1) is 31.3. The van der Waals surface area contributed by atoms with Crippen molar-refractivity contribution in [2.75, 3.05) is 0 Å². The number of thiophene rings is 1. The monoisotopic (exact) mass is 694 g/mol. The Morgan fingerprint density at radius 3 is 1.77 bits per heavy atom. The molecule has 1 nitrogen and oxygen atoms in total. The molecule has 1 aliphatic heterocycles. The normalized spacial score (nSPS) is 12.8. The number of rotatable bonds is 6. The topological polar surface area (TPSA) is 9.23 Å². The molecule has 0 saturated heterocycles. The van der Waals surface area contributed by atoms with E-state index in [9.17, 15) is 0 Å². The summed E-state index contributed by atoms with van der Waals surface area (Å²) in [7, 11) is 0. The van der Waals surface area contributed by atoms with Gasteiger partial charge in [0.25, 0.3) is 0 Å². The zero-order valence-electron chi connectivity index (χ0n) is 28.9. The van der Waals surface area contributed by atoms with E-state index in [0.717, 1.165) is 28.2 Å². The molecule has 8 aromatic carbocycles. The van der Waals surface area contributed by atoms with Gasteiger partial charge in [-0.25, -0.2) is 0 Å². The minimum atomic E-state index is -0.531. The molecular formula is C51H34OS. The third-order valence-electron chi connectivity index (χ3n) is 10.7. The molecule has 1 aromatic heterocycles. The number of fused-ring (bicyclic) bond motifs is 3. The van der Waals surface area contributed by atoms with Crippen molar-refractivity contribution in [2.24, 2.45) is 0 Å². The highest BCUT2D eigenvalue weighted by Gasteiger charge is 2.45. The molecule has 0 bridgehead atoms. The van der Waals surface area contributed by atoms with E-state index >= 15 is 0 Å². The van der Waals surface area contributed by atoms with Crippen molar-refractivity contribution >= 4 is 22.1 Å². The van der Waals surface area contributed by atoms with E-state index in [2.05, 4.69) is 206 Å². The minimum absolute atomic E-state index is 0.531. The first-order chi connectivity index (χ1) is 26.3. The van der Waals surface area contributed by atoms with Gasteiger partial charge in [0.2, 0.25) is 0 Å². The van der Waals surface area contributed by atoms with Gasteiger partial charge in [-0.15, -0.1) is 11.3 Å². The summed E-state index contributed by atoms with van der Waals surface area (Å²) in [6, 6.07) is 74.5. The number of para-hydroxylation sites is 1. The quantitative estimate of drug-likeness (QED) is 0.168. The van der Waals surface area contributed by atoms with Gasteiger partial charge in [-0.05, 0) is 80.0 Å². The van der Waals surface area contributed by atoms with Crippen LogP contribution in [-0.4, -0.2) is 0 Å². The fourth-order valence-electron chi connectivity index (χ4n) is 8.26. The molecule has 0 atom stereocenters. The number of benzene rings is 8. The molecule has 2 heterocycles. The van der Waals surface area contributed by atoms with Gasteiger partial charge in [0.05, 0.1) is 5.41 Å². The predicted molar refractivity (Wildman–Crippen MR) is 222 cm³/mol. The number of hydrogen-bond donors (Lipinski definition) is 0. The second-order valence-corrected chi connectivity index (χ2v) is 14.7. The van der Waals surface area contributed by atoms with Crippen LogP contribution < -0.4 is 4.74 Å². The lowest BCUT2D eigenvalue weighted by Gasteiger charge is -2.41. The summed E-state index contributed by atoms with van der Waals surface area (Å²) >= 11 is 1.83. The fraction of sp³-hybridized carbons (Fsp3) is 0.0196. The molecular weight excluding hydrogens is 661 g/mol. The highest BCUT2D eigenvalue weighted by atomic mass is 32.1. The van der Waals surface area contributed by atoms with Gasteiger partial charge in [0.15, 0.2) is 0 Å². The third-order valence-corrected chi connectivity index (χ3v) is 11.8. The Hall–Kier alpha value is -6.48. The summed E-state index contributed by atoms with van der Waals surface area (Å²) in [6.45, 7) is 0. The Morgan fingerprint density at radius 2 is 0.981 bits per heavy atom. The van der Waals surface area contributed by atoms with Crippen LogP contribution >= 0.6 is 11.3 Å². The molecule has 0 radical (unpaired) electrons. The first-order valence-corrected chi connectivity index (χ1v) is 18.9. The lowest BCUT2D eigenvalue weighted by Crippen LogP contribution is -2.34. The van der Waals surface area contributed by atoms with E-state index in [1.165, 1.54) is 59.5 Å². The van der Waals surface area contributed by atoms with Crippen LogP contribution in [0, 0.1) is 0 Å². The molecule has 9 aromatic rings. The standard InChI is InChI=1S/C51H34OS/c1-4-15-35(16-5-1)37-27-29-43(42-24-14-18-36-17-10-11-23-41(36)42)44(33-37)50-32-31-49(53-50)38-28-30-46-48(34-38)52-47-26-13-12-25-45(47)51(46,39-19-6-2-7-20-39)40-21-8-3-9-22-40/h1-34H. The average Bonchev–Trinajstić information content (AvgIpc) is 3.74. The third kappa shape index (κ3) is 5.22. The van der Waals surface area contributed by atoms with Crippen LogP contribution in [0.5, 0.6) is 11.5 Å². The van der Waals surface area contributed by atoms with E-state index in [-0.39, 0.29) is 0 Å². The van der Waals surface area contributed by atoms with Crippen molar-refractivity contribution < 1.29 is 4.74 Å². The molecule has 0 fully saturated rings. The van der Waals surface area contributed by atoms with Crippen LogP contribution in [0.2, 0.25) is 0 Å². The number of hydrogen-bond acceptors (Lipinski definition) is 2. The van der Waals surface area contributed by atoms with Crippen molar-refractivity contribution in [1.29, 1.82) is 0 Å². The molecule has 2 heteroatoms. The zero-order chi connectivity index (χ0) is 35.2. The van der Waals surface area contributed by atoms with Crippen LogP contribution in [0.15, 0.2) is 206 Å². The maximum absolute atomic E-state index is 6.82. The van der Waals surface area contributed by atoms with E-state index in [4.69, 9.17) is 4.74 Å². The molecule has 0 unspecified atom stereocenters. The van der Waals surface area contributed by atoms with Crippen molar-refractivity contribution in [3.05, 3.63) is 229 Å². The molecule has 250 valence electrons. The molecule has 0 saturated carbocycles. The van der Waals surface area contributed by atoms with Crippen molar-refractivity contribution in [3.63, 3.8) is 0 Å². The molecule has 0 spiro atoms. The molecule has 1 aliphatic rings. The van der Waals surface area contributed by atoms with Gasteiger partial charge in [0, 0.05) is 26.4 Å². The lowest BCUT2D eigenvalue weighted by molar-refractivity contribution is 0.435. The van der Waals surface area contributed by atoms with Crippen LogP contribution in [0.3, 0.4) is 0 Å². The van der Waals surface area contributed by atoms with E-state index in [1.54, 1.807) is 0 Å². The van der Waals surface area contributed by atoms with Crippen LogP contribution in [-0.2, 0) is 5.41 Å². The van der Waals surface area contributed by atoms with Gasteiger partial charge in [-0.2, -0.15) is 0 Å². The summed E-state index contributed by atoms with van der Waals surface area (Å²) < 4.78 is 6.82. The molecule has 0 N–H and O–H groups in total. The van der Waals surface area contributed by atoms with Gasteiger partial charge in [-0.1, -0.05) is 176 Å². The predicted octanol–water partition coefficient (Wildman–Crippen LogP) is 14.1. The van der Waals surface area contributed by atoms with E-state index in [0.29, 0.717) is 0 Å². The Labute approximate surface area is 314 Å². The van der Waals surface area contributed by atoms with Crippen molar-refractivity contribution in [3.8, 4) is 54.6 Å². The maximum atomic E-state index is 6.82. The summed E-state index contributed by atoms with van der Waals surface area (Å²) in [5.74, 6) is 1.76. The van der Waals surface area contributed by atoms with E-state index < -0.39 is 5.41 Å². The minimum Gasteiger partial charge on any atom is -0.457 e. The Bertz CT molecular complexity index is 2700. The highest BCUT2D eigenvalue weighted by Crippen LogP contribution is 2.56. The van der Waals surface area contributed by atoms with Gasteiger partial charge < -0.3 is 4.74 Å². The fourth-order valence-corrected chi connectivity index (χ4v) is 9.29. The van der Waals surface area contributed by atoms with Crippen molar-refractivity contribution in [1.82, 2.24) is 0 Å². The Balaban J connectivity index is 1.13. The van der Waals surface area contributed by atoms with E-state index in [1.807, 2.05) is 11.3 Å². The SMILES string of the molecule is c1ccc(-c2ccc(-c3cccc4ccccc34)c(-c3ccc(-c4ccc5c(c4)Oc4ccccc4C5(c4ccccc4)c4ccccc4)s3)c2)cc1. The molecule has 53 heavy (non-hydrogen) atoms. The van der Waals surface area contributed by atoms with Crippen molar-refractivity contribution in [2.45, 2.75) is 5.41 Å². The lowest BCUT2D eigenvalue weighted by atomic mass is 9.63. The van der Waals surface area contributed by atoms with Crippen LogP contribution in [0.25, 0.3) is 53.9 Å². The second kappa shape index (κ2) is 12.9. The molecule has 0 aliphatic carbocycles. The smallest absolute Gasteiger partial charge is 0.132 e.